The summed E-state index contributed by atoms with van der Waals surface area (Å²) in [4.78, 5) is 20.8. The maximum Gasteiger partial charge on any atom is 0.308 e. The van der Waals surface area contributed by atoms with Gasteiger partial charge >= 0.3 is 11.9 Å². The van der Waals surface area contributed by atoms with E-state index in [9.17, 15) is 9.59 Å². The fraction of sp³-hybridized carbons (Fsp3) is 0.667. The van der Waals surface area contributed by atoms with E-state index in [1.165, 1.54) is 0 Å². The van der Waals surface area contributed by atoms with Gasteiger partial charge in [0.2, 0.25) is 0 Å². The van der Waals surface area contributed by atoms with E-state index in [-0.39, 0.29) is 25.5 Å². The average molecular weight is 196 g/mol. The Morgan fingerprint density at radius 2 is 1.42 bits per heavy atom. The number of rotatable bonds is 2. The molecular weight excluding hydrogens is 186 g/mol. The highest BCUT2D eigenvalue weighted by atomic mass is 35.5. The van der Waals surface area contributed by atoms with Crippen molar-refractivity contribution in [3.8, 4) is 0 Å². The number of carboxylic acid groups (broad SMARTS) is 2. The Kier molecular flexibility index (Phi) is 3.99. The van der Waals surface area contributed by atoms with Gasteiger partial charge in [0.1, 0.15) is 0 Å². The molecule has 0 aromatic rings. The molecule has 0 aromatic carbocycles. The number of hydrogen-bond donors (Lipinski definition) is 3. The van der Waals surface area contributed by atoms with Crippen molar-refractivity contribution in [1.29, 1.82) is 0 Å². The van der Waals surface area contributed by atoms with Crippen LogP contribution in [0.25, 0.3) is 0 Å². The van der Waals surface area contributed by atoms with Crippen molar-refractivity contribution in [2.24, 2.45) is 11.8 Å². The normalized spacial score (nSPS) is 27.7. The average Bonchev–Trinajstić information content (AvgIpc) is 2.32. The van der Waals surface area contributed by atoms with Gasteiger partial charge in [-0.2, -0.15) is 0 Å². The molecule has 0 aromatic heterocycles. The zero-order valence-electron chi connectivity index (χ0n) is 6.19. The highest BCUT2D eigenvalue weighted by Crippen LogP contribution is 2.16. The number of nitrogens with one attached hydrogen (secondary N) is 1. The van der Waals surface area contributed by atoms with Gasteiger partial charge in [-0.1, -0.05) is 0 Å². The summed E-state index contributed by atoms with van der Waals surface area (Å²) in [6, 6.07) is 0. The number of carbonyl (C=O) groups is 2. The van der Waals surface area contributed by atoms with E-state index in [2.05, 4.69) is 5.32 Å². The zero-order chi connectivity index (χ0) is 8.43. The first-order valence-corrected chi connectivity index (χ1v) is 3.29. The monoisotopic (exact) mass is 195 g/mol. The molecule has 2 atom stereocenters. The second kappa shape index (κ2) is 4.27. The van der Waals surface area contributed by atoms with Crippen LogP contribution in [-0.4, -0.2) is 35.2 Å². The quantitative estimate of drug-likeness (QED) is 0.549. The molecule has 1 saturated heterocycles. The molecular formula is C6H10ClNO4. The van der Waals surface area contributed by atoms with Crippen molar-refractivity contribution in [3.63, 3.8) is 0 Å². The Bertz CT molecular complexity index is 176. The van der Waals surface area contributed by atoms with Gasteiger partial charge in [0, 0.05) is 13.1 Å². The lowest BCUT2D eigenvalue weighted by Gasteiger charge is -2.07. The molecule has 0 aliphatic carbocycles. The van der Waals surface area contributed by atoms with Crippen LogP contribution in [0.3, 0.4) is 0 Å². The molecule has 1 heterocycles. The molecule has 12 heavy (non-hydrogen) atoms. The van der Waals surface area contributed by atoms with Crippen molar-refractivity contribution in [2.45, 2.75) is 0 Å². The van der Waals surface area contributed by atoms with Crippen LogP contribution < -0.4 is 5.32 Å². The van der Waals surface area contributed by atoms with E-state index in [4.69, 9.17) is 10.2 Å². The molecule has 0 saturated carbocycles. The van der Waals surface area contributed by atoms with E-state index in [0.717, 1.165) is 0 Å². The zero-order valence-corrected chi connectivity index (χ0v) is 7.00. The SMILES string of the molecule is Cl.O=C(O)[C@H]1CNC[C@@H]1C(=O)O. The Morgan fingerprint density at radius 1 is 1.08 bits per heavy atom. The van der Waals surface area contributed by atoms with Gasteiger partial charge in [-0.3, -0.25) is 9.59 Å². The minimum Gasteiger partial charge on any atom is -0.481 e. The molecule has 0 unspecified atom stereocenters. The van der Waals surface area contributed by atoms with Gasteiger partial charge in [0.15, 0.2) is 0 Å². The number of halogens is 1. The van der Waals surface area contributed by atoms with Crippen molar-refractivity contribution in [3.05, 3.63) is 0 Å². The standard InChI is InChI=1S/C6H9NO4.ClH/c8-5(9)3-1-7-2-4(3)6(10)11;/h3-4,7H,1-2H2,(H,8,9)(H,10,11);1H/t3-,4-;/m0./s1. The lowest BCUT2D eigenvalue weighted by atomic mass is 9.97. The third kappa shape index (κ3) is 2.09. The van der Waals surface area contributed by atoms with Crippen molar-refractivity contribution < 1.29 is 19.8 Å². The van der Waals surface area contributed by atoms with E-state index in [1.54, 1.807) is 0 Å². The van der Waals surface area contributed by atoms with E-state index >= 15 is 0 Å². The maximum absolute atomic E-state index is 10.4. The number of hydrogen-bond acceptors (Lipinski definition) is 3. The van der Waals surface area contributed by atoms with Crippen molar-refractivity contribution >= 4 is 24.3 Å². The fourth-order valence-electron chi connectivity index (χ4n) is 1.20. The molecule has 1 fully saturated rings. The summed E-state index contributed by atoms with van der Waals surface area (Å²) in [5, 5.41) is 19.8. The summed E-state index contributed by atoms with van der Waals surface area (Å²) in [5.41, 5.74) is 0. The fourth-order valence-corrected chi connectivity index (χ4v) is 1.20. The first-order valence-electron chi connectivity index (χ1n) is 3.29. The highest BCUT2D eigenvalue weighted by molar-refractivity contribution is 5.85. The minimum atomic E-state index is -1.04. The van der Waals surface area contributed by atoms with Gasteiger partial charge in [-0.05, 0) is 0 Å². The predicted molar refractivity (Wildman–Crippen MR) is 42.4 cm³/mol. The third-order valence-corrected chi connectivity index (χ3v) is 1.85. The van der Waals surface area contributed by atoms with Crippen LogP contribution in [-0.2, 0) is 9.59 Å². The van der Waals surface area contributed by atoms with Crippen LogP contribution in [0.1, 0.15) is 0 Å². The largest absolute Gasteiger partial charge is 0.481 e. The van der Waals surface area contributed by atoms with Gasteiger partial charge in [0.05, 0.1) is 11.8 Å². The van der Waals surface area contributed by atoms with Crippen LogP contribution in [0.15, 0.2) is 0 Å². The molecule has 3 N–H and O–H groups in total. The molecule has 0 bridgehead atoms. The van der Waals surface area contributed by atoms with Gasteiger partial charge < -0.3 is 15.5 Å². The topological polar surface area (TPSA) is 86.6 Å². The van der Waals surface area contributed by atoms with Gasteiger partial charge in [-0.25, -0.2) is 0 Å². The Labute approximate surface area is 75.2 Å². The first kappa shape index (κ1) is 11.2. The Morgan fingerprint density at radius 3 is 1.67 bits per heavy atom. The summed E-state index contributed by atoms with van der Waals surface area (Å²) >= 11 is 0. The Balaban J connectivity index is 0.00000121. The molecule has 0 amide bonds. The molecule has 1 aliphatic heterocycles. The predicted octanol–water partition coefficient (Wildman–Crippen LogP) is -0.587. The molecule has 0 spiro atoms. The molecule has 6 heteroatoms. The smallest absolute Gasteiger partial charge is 0.308 e. The van der Waals surface area contributed by atoms with E-state index < -0.39 is 23.8 Å². The lowest BCUT2D eigenvalue weighted by Crippen LogP contribution is -2.28. The number of aliphatic carboxylic acids is 2. The van der Waals surface area contributed by atoms with Crippen molar-refractivity contribution in [2.75, 3.05) is 13.1 Å². The van der Waals surface area contributed by atoms with Crippen LogP contribution in [0.5, 0.6) is 0 Å². The van der Waals surface area contributed by atoms with Crippen LogP contribution in [0, 0.1) is 11.8 Å². The molecule has 70 valence electrons. The van der Waals surface area contributed by atoms with Crippen LogP contribution in [0.2, 0.25) is 0 Å². The summed E-state index contributed by atoms with van der Waals surface area (Å²) in [7, 11) is 0. The second-order valence-electron chi connectivity index (χ2n) is 2.55. The minimum absolute atomic E-state index is 0. The summed E-state index contributed by atoms with van der Waals surface area (Å²) in [5.74, 6) is -3.62. The summed E-state index contributed by atoms with van der Waals surface area (Å²) < 4.78 is 0. The van der Waals surface area contributed by atoms with Gasteiger partial charge in [0.25, 0.3) is 0 Å². The number of carboxylic acids is 2. The van der Waals surface area contributed by atoms with E-state index in [0.29, 0.717) is 0 Å². The summed E-state index contributed by atoms with van der Waals surface area (Å²) in [6.07, 6.45) is 0. The summed E-state index contributed by atoms with van der Waals surface area (Å²) in [6.45, 7) is 0.513. The third-order valence-electron chi connectivity index (χ3n) is 1.85. The molecule has 1 rings (SSSR count). The Hall–Kier alpha value is -0.810. The lowest BCUT2D eigenvalue weighted by molar-refractivity contribution is -0.151. The van der Waals surface area contributed by atoms with Crippen LogP contribution in [0.4, 0.5) is 0 Å². The molecule has 1 aliphatic rings. The highest BCUT2D eigenvalue weighted by Gasteiger charge is 2.37. The van der Waals surface area contributed by atoms with Crippen molar-refractivity contribution in [1.82, 2.24) is 5.32 Å². The first-order chi connectivity index (χ1) is 5.13. The molecule has 0 radical (unpaired) electrons. The maximum atomic E-state index is 10.4. The van der Waals surface area contributed by atoms with E-state index in [1.807, 2.05) is 0 Å². The molecule has 5 nitrogen and oxygen atoms in total. The van der Waals surface area contributed by atoms with Crippen LogP contribution >= 0.6 is 12.4 Å². The van der Waals surface area contributed by atoms with Gasteiger partial charge in [-0.15, -0.1) is 12.4 Å². The second-order valence-corrected chi connectivity index (χ2v) is 2.55.